The molecule has 0 saturated carbocycles. The van der Waals surface area contributed by atoms with Crippen molar-refractivity contribution in [3.8, 4) is 5.75 Å². The molecule has 1 saturated heterocycles. The maximum absolute atomic E-state index is 6.09. The van der Waals surface area contributed by atoms with Crippen LogP contribution in [-0.4, -0.2) is 37.2 Å². The van der Waals surface area contributed by atoms with Crippen LogP contribution in [0.5, 0.6) is 5.75 Å². The van der Waals surface area contributed by atoms with E-state index in [1.807, 2.05) is 0 Å². The first kappa shape index (κ1) is 15.3. The van der Waals surface area contributed by atoms with E-state index in [0.717, 1.165) is 31.7 Å². The van der Waals surface area contributed by atoms with Crippen LogP contribution in [0.2, 0.25) is 0 Å². The number of nitrogens with two attached hydrogens (primary N) is 1. The van der Waals surface area contributed by atoms with Crippen LogP contribution in [0.25, 0.3) is 0 Å². The van der Waals surface area contributed by atoms with Crippen molar-refractivity contribution in [1.82, 2.24) is 4.90 Å². The molecule has 0 bridgehead atoms. The number of rotatable bonds is 7. The molecule has 1 aliphatic heterocycles. The highest BCUT2D eigenvalue weighted by molar-refractivity contribution is 5.37. The van der Waals surface area contributed by atoms with E-state index < -0.39 is 0 Å². The summed E-state index contributed by atoms with van der Waals surface area (Å²) >= 11 is 0. The summed E-state index contributed by atoms with van der Waals surface area (Å²) in [4.78, 5) is 2.48. The Bertz CT molecular complexity index is 413. The molecule has 3 heteroatoms. The van der Waals surface area contributed by atoms with E-state index >= 15 is 0 Å². The van der Waals surface area contributed by atoms with Crippen LogP contribution in [0.1, 0.15) is 37.3 Å². The third kappa shape index (κ3) is 4.50. The van der Waals surface area contributed by atoms with Crippen LogP contribution in [-0.2, 0) is 6.42 Å². The van der Waals surface area contributed by atoms with E-state index in [4.69, 9.17) is 10.5 Å². The fraction of sp³-hybridized carbons (Fsp3) is 0.647. The highest BCUT2D eigenvalue weighted by Crippen LogP contribution is 2.22. The predicted molar refractivity (Wildman–Crippen MR) is 84.3 cm³/mol. The zero-order valence-corrected chi connectivity index (χ0v) is 12.9. The molecule has 0 spiro atoms. The Labute approximate surface area is 123 Å². The molecule has 1 unspecified atom stereocenters. The molecule has 1 fully saturated rings. The second kappa shape index (κ2) is 7.65. The summed E-state index contributed by atoms with van der Waals surface area (Å²) < 4.78 is 6.00. The Hall–Kier alpha value is -1.06. The van der Waals surface area contributed by atoms with E-state index in [2.05, 4.69) is 36.9 Å². The number of ether oxygens (including phenoxy) is 1. The van der Waals surface area contributed by atoms with E-state index in [1.165, 1.54) is 37.1 Å². The third-order valence-electron chi connectivity index (χ3n) is 4.09. The molecule has 0 aliphatic carbocycles. The zero-order valence-electron chi connectivity index (χ0n) is 12.9. The minimum absolute atomic E-state index is 0.220. The summed E-state index contributed by atoms with van der Waals surface area (Å²) in [6.07, 6.45) is 4.57. The number of hydrogen-bond donors (Lipinski definition) is 1. The van der Waals surface area contributed by atoms with Crippen LogP contribution < -0.4 is 10.5 Å². The minimum atomic E-state index is 0.220. The molecule has 0 amide bonds. The lowest BCUT2D eigenvalue weighted by Gasteiger charge is -2.18. The molecular weight excluding hydrogens is 248 g/mol. The summed E-state index contributed by atoms with van der Waals surface area (Å²) in [7, 11) is 0. The van der Waals surface area contributed by atoms with Crippen LogP contribution in [0.3, 0.4) is 0 Å². The summed E-state index contributed by atoms with van der Waals surface area (Å²) in [6.45, 7) is 8.52. The first-order chi connectivity index (χ1) is 9.69. The molecule has 1 aromatic carbocycles. The Morgan fingerprint density at radius 1 is 1.30 bits per heavy atom. The monoisotopic (exact) mass is 276 g/mol. The lowest BCUT2D eigenvalue weighted by molar-refractivity contribution is 0.236. The van der Waals surface area contributed by atoms with Gasteiger partial charge in [0.15, 0.2) is 0 Å². The van der Waals surface area contributed by atoms with Crippen molar-refractivity contribution < 1.29 is 4.74 Å². The molecule has 1 aliphatic rings. The smallest absolute Gasteiger partial charge is 0.122 e. The fourth-order valence-electron chi connectivity index (χ4n) is 2.73. The first-order valence-corrected chi connectivity index (χ1v) is 7.89. The van der Waals surface area contributed by atoms with Crippen molar-refractivity contribution >= 4 is 0 Å². The second-order valence-electron chi connectivity index (χ2n) is 5.88. The number of likely N-dealkylation sites (tertiary alicyclic amines) is 1. The Kier molecular flexibility index (Phi) is 5.86. The van der Waals surface area contributed by atoms with Gasteiger partial charge in [-0.2, -0.15) is 0 Å². The average molecular weight is 276 g/mol. The molecule has 0 aromatic heterocycles. The Balaban J connectivity index is 1.91. The van der Waals surface area contributed by atoms with E-state index in [1.54, 1.807) is 0 Å². The predicted octanol–water partition coefficient (Wildman–Crippen LogP) is 2.75. The molecule has 3 nitrogen and oxygen atoms in total. The van der Waals surface area contributed by atoms with Gasteiger partial charge in [-0.3, -0.25) is 4.90 Å². The first-order valence-electron chi connectivity index (χ1n) is 7.89. The van der Waals surface area contributed by atoms with Crippen LogP contribution in [0.15, 0.2) is 18.2 Å². The largest absolute Gasteiger partial charge is 0.492 e. The van der Waals surface area contributed by atoms with Crippen LogP contribution in [0, 0.1) is 6.92 Å². The molecule has 2 rings (SSSR count). The molecule has 112 valence electrons. The van der Waals surface area contributed by atoms with Gasteiger partial charge in [-0.05, 0) is 57.3 Å². The van der Waals surface area contributed by atoms with Crippen LogP contribution >= 0.6 is 0 Å². The second-order valence-corrected chi connectivity index (χ2v) is 5.88. The molecule has 1 atom stereocenters. The molecule has 20 heavy (non-hydrogen) atoms. The zero-order chi connectivity index (χ0) is 14.4. The summed E-state index contributed by atoms with van der Waals surface area (Å²) in [6, 6.07) is 6.64. The van der Waals surface area contributed by atoms with Gasteiger partial charge in [0.1, 0.15) is 12.4 Å². The van der Waals surface area contributed by atoms with Gasteiger partial charge < -0.3 is 10.5 Å². The standard InChI is InChI=1S/C17H28N2O/c1-3-16(18)13-15-12-14(2)6-7-17(15)20-11-10-19-8-4-5-9-19/h6-7,12,16H,3-5,8-11,13,18H2,1-2H3. The number of aryl methyl sites for hydroxylation is 1. The van der Waals surface area contributed by atoms with Gasteiger partial charge in [0.25, 0.3) is 0 Å². The van der Waals surface area contributed by atoms with Gasteiger partial charge in [0, 0.05) is 12.6 Å². The fourth-order valence-corrected chi connectivity index (χ4v) is 2.73. The van der Waals surface area contributed by atoms with Crippen molar-refractivity contribution in [1.29, 1.82) is 0 Å². The summed E-state index contributed by atoms with van der Waals surface area (Å²) in [5.41, 5.74) is 8.61. The molecule has 0 radical (unpaired) electrons. The maximum Gasteiger partial charge on any atom is 0.122 e. The SMILES string of the molecule is CCC(N)Cc1cc(C)ccc1OCCN1CCCC1. The Morgan fingerprint density at radius 3 is 2.75 bits per heavy atom. The van der Waals surface area contributed by atoms with Gasteiger partial charge >= 0.3 is 0 Å². The highest BCUT2D eigenvalue weighted by Gasteiger charge is 2.12. The molecule has 2 N–H and O–H groups in total. The van der Waals surface area contributed by atoms with E-state index in [9.17, 15) is 0 Å². The lowest BCUT2D eigenvalue weighted by Crippen LogP contribution is -2.25. The number of hydrogen-bond acceptors (Lipinski definition) is 3. The van der Waals surface area contributed by atoms with Gasteiger partial charge in [-0.15, -0.1) is 0 Å². The van der Waals surface area contributed by atoms with Crippen molar-refractivity contribution in [3.63, 3.8) is 0 Å². The number of nitrogens with zero attached hydrogens (tertiary/aromatic N) is 1. The van der Waals surface area contributed by atoms with Crippen molar-refractivity contribution in [2.75, 3.05) is 26.2 Å². The molecule has 1 heterocycles. The van der Waals surface area contributed by atoms with E-state index in [-0.39, 0.29) is 6.04 Å². The van der Waals surface area contributed by atoms with Crippen molar-refractivity contribution in [2.45, 2.75) is 45.6 Å². The van der Waals surface area contributed by atoms with Gasteiger partial charge in [-0.25, -0.2) is 0 Å². The van der Waals surface area contributed by atoms with Gasteiger partial charge in [-0.1, -0.05) is 24.6 Å². The maximum atomic E-state index is 6.09. The highest BCUT2D eigenvalue weighted by atomic mass is 16.5. The quantitative estimate of drug-likeness (QED) is 0.832. The van der Waals surface area contributed by atoms with Crippen molar-refractivity contribution in [2.24, 2.45) is 5.73 Å². The molecular formula is C17H28N2O. The third-order valence-corrected chi connectivity index (χ3v) is 4.09. The van der Waals surface area contributed by atoms with E-state index in [0.29, 0.717) is 0 Å². The van der Waals surface area contributed by atoms with Crippen LogP contribution in [0.4, 0.5) is 0 Å². The minimum Gasteiger partial charge on any atom is -0.492 e. The van der Waals surface area contributed by atoms with Gasteiger partial charge in [0.05, 0.1) is 0 Å². The normalized spacial score (nSPS) is 17.4. The lowest BCUT2D eigenvalue weighted by atomic mass is 10.0. The topological polar surface area (TPSA) is 38.5 Å². The Morgan fingerprint density at radius 2 is 2.05 bits per heavy atom. The average Bonchev–Trinajstić information content (AvgIpc) is 2.94. The summed E-state index contributed by atoms with van der Waals surface area (Å²) in [5, 5.41) is 0. The summed E-state index contributed by atoms with van der Waals surface area (Å²) in [5.74, 6) is 1.01. The molecule has 1 aromatic rings. The van der Waals surface area contributed by atoms with Crippen molar-refractivity contribution in [3.05, 3.63) is 29.3 Å². The number of benzene rings is 1. The van der Waals surface area contributed by atoms with Gasteiger partial charge in [0.2, 0.25) is 0 Å².